The van der Waals surface area contributed by atoms with Gasteiger partial charge in [-0.25, -0.2) is 4.79 Å². The summed E-state index contributed by atoms with van der Waals surface area (Å²) in [5.74, 6) is 2.17. The Balaban J connectivity index is 1.24. The summed E-state index contributed by atoms with van der Waals surface area (Å²) in [6.45, 7) is 3.90. The highest BCUT2D eigenvalue weighted by atomic mass is 16.5. The number of para-hydroxylation sites is 1. The number of nitrogens with zero attached hydrogens (tertiary/aromatic N) is 1. The molecule has 0 spiro atoms. The molecule has 0 radical (unpaired) electrons. The van der Waals surface area contributed by atoms with E-state index in [1.165, 1.54) is 11.1 Å². The zero-order valence-electron chi connectivity index (χ0n) is 20.3. The summed E-state index contributed by atoms with van der Waals surface area (Å²) in [6.07, 6.45) is 2.85. The SMILES string of the molecule is C[C@H]1[C@H]2Cc3ccc(O)cc3[C@@]1(CCNC(=O)Nc1cccc(Oc3ccccc3)c1)CCN2C. The van der Waals surface area contributed by atoms with Crippen molar-refractivity contribution >= 4 is 11.7 Å². The van der Waals surface area contributed by atoms with E-state index >= 15 is 0 Å². The van der Waals surface area contributed by atoms with Crippen molar-refractivity contribution in [2.75, 3.05) is 25.5 Å². The van der Waals surface area contributed by atoms with Crippen molar-refractivity contribution < 1.29 is 14.6 Å². The van der Waals surface area contributed by atoms with E-state index in [9.17, 15) is 9.90 Å². The predicted molar refractivity (Wildman–Crippen MR) is 138 cm³/mol. The van der Waals surface area contributed by atoms with E-state index in [0.717, 1.165) is 31.6 Å². The molecule has 2 aliphatic rings. The van der Waals surface area contributed by atoms with Crippen LogP contribution in [0.25, 0.3) is 0 Å². The number of benzene rings is 3. The Bertz CT molecular complexity index is 1200. The molecule has 3 N–H and O–H groups in total. The highest BCUT2D eigenvalue weighted by Crippen LogP contribution is 2.51. The first-order valence-corrected chi connectivity index (χ1v) is 12.3. The van der Waals surface area contributed by atoms with Crippen LogP contribution >= 0.6 is 0 Å². The third kappa shape index (κ3) is 4.71. The molecule has 5 rings (SSSR count). The number of carbonyl (C=O) groups excluding carboxylic acids is 1. The van der Waals surface area contributed by atoms with Crippen LogP contribution in [0.2, 0.25) is 0 Å². The highest BCUT2D eigenvalue weighted by Gasteiger charge is 2.50. The van der Waals surface area contributed by atoms with Crippen molar-refractivity contribution in [2.24, 2.45) is 5.92 Å². The molecule has 0 aromatic heterocycles. The number of amides is 2. The number of rotatable bonds is 6. The van der Waals surface area contributed by atoms with Gasteiger partial charge in [0.05, 0.1) is 0 Å². The Morgan fingerprint density at radius 3 is 2.71 bits per heavy atom. The average Bonchev–Trinajstić information content (AvgIpc) is 2.84. The number of carbonyl (C=O) groups is 1. The van der Waals surface area contributed by atoms with Gasteiger partial charge in [-0.1, -0.05) is 37.3 Å². The summed E-state index contributed by atoms with van der Waals surface area (Å²) in [4.78, 5) is 15.2. The summed E-state index contributed by atoms with van der Waals surface area (Å²) in [5, 5.41) is 16.2. The average molecular weight is 472 g/mol. The van der Waals surface area contributed by atoms with Gasteiger partial charge < -0.3 is 25.4 Å². The molecule has 3 atom stereocenters. The van der Waals surface area contributed by atoms with Crippen LogP contribution in [-0.4, -0.2) is 42.2 Å². The maximum Gasteiger partial charge on any atom is 0.319 e. The summed E-state index contributed by atoms with van der Waals surface area (Å²) < 4.78 is 5.87. The van der Waals surface area contributed by atoms with Crippen LogP contribution in [0.15, 0.2) is 72.8 Å². The number of phenols is 1. The van der Waals surface area contributed by atoms with Crippen LogP contribution in [0.1, 0.15) is 30.9 Å². The Labute approximate surface area is 206 Å². The molecule has 0 unspecified atom stereocenters. The number of urea groups is 1. The van der Waals surface area contributed by atoms with E-state index in [4.69, 9.17) is 4.74 Å². The third-order valence-corrected chi connectivity index (χ3v) is 7.91. The molecule has 2 amide bonds. The second-order valence-corrected chi connectivity index (χ2v) is 9.86. The predicted octanol–water partition coefficient (Wildman–Crippen LogP) is 5.53. The van der Waals surface area contributed by atoms with Crippen molar-refractivity contribution in [3.05, 3.63) is 83.9 Å². The lowest BCUT2D eigenvalue weighted by molar-refractivity contribution is 0.0364. The largest absolute Gasteiger partial charge is 0.508 e. The Morgan fingerprint density at radius 1 is 1.09 bits per heavy atom. The minimum atomic E-state index is -0.234. The topological polar surface area (TPSA) is 73.8 Å². The molecule has 1 fully saturated rings. The molecule has 1 aliphatic heterocycles. The molecule has 0 saturated carbocycles. The van der Waals surface area contributed by atoms with Crippen LogP contribution in [0.3, 0.4) is 0 Å². The fraction of sp³-hybridized carbons (Fsp3) is 0.345. The van der Waals surface area contributed by atoms with Gasteiger partial charge in [0.15, 0.2) is 0 Å². The first-order valence-electron chi connectivity index (χ1n) is 12.3. The fourth-order valence-corrected chi connectivity index (χ4v) is 5.99. The first-order chi connectivity index (χ1) is 16.9. The van der Waals surface area contributed by atoms with Crippen molar-refractivity contribution in [1.29, 1.82) is 0 Å². The van der Waals surface area contributed by atoms with E-state index in [1.807, 2.05) is 60.7 Å². The van der Waals surface area contributed by atoms with Crippen molar-refractivity contribution in [3.8, 4) is 17.2 Å². The lowest BCUT2D eigenvalue weighted by atomic mass is 9.56. The molecular formula is C29H33N3O3. The standard InChI is InChI=1S/C29H33N3O3/c1-20-27-17-21-11-12-23(33)19-26(21)29(20,14-16-32(27)2)13-15-30-28(34)31-22-7-6-10-25(18-22)35-24-8-4-3-5-9-24/h3-12,18-20,27,33H,13-17H2,1-2H3,(H2,30,31,34)/t20-,27+,29-/m0/s1. The number of aromatic hydroxyl groups is 1. The summed E-state index contributed by atoms with van der Waals surface area (Å²) in [5.41, 5.74) is 3.19. The maximum atomic E-state index is 12.7. The molecule has 1 saturated heterocycles. The molecule has 6 nitrogen and oxygen atoms in total. The summed E-state index contributed by atoms with van der Waals surface area (Å²) >= 11 is 0. The maximum absolute atomic E-state index is 12.7. The molecular weight excluding hydrogens is 438 g/mol. The number of hydrogen-bond donors (Lipinski definition) is 3. The third-order valence-electron chi connectivity index (χ3n) is 7.91. The van der Waals surface area contributed by atoms with Crippen LogP contribution in [0.4, 0.5) is 10.5 Å². The van der Waals surface area contributed by atoms with Gasteiger partial charge in [-0.3, -0.25) is 0 Å². The van der Waals surface area contributed by atoms with Crippen LogP contribution in [0, 0.1) is 5.92 Å². The van der Waals surface area contributed by atoms with E-state index in [2.05, 4.69) is 35.6 Å². The smallest absolute Gasteiger partial charge is 0.319 e. The second-order valence-electron chi connectivity index (χ2n) is 9.86. The van der Waals surface area contributed by atoms with Crippen LogP contribution < -0.4 is 15.4 Å². The highest BCUT2D eigenvalue weighted by molar-refractivity contribution is 5.89. The van der Waals surface area contributed by atoms with Crippen molar-refractivity contribution in [3.63, 3.8) is 0 Å². The number of piperidine rings is 1. The number of ether oxygens (including phenoxy) is 1. The number of phenolic OH excluding ortho intramolecular Hbond substituents is 1. The number of fused-ring (bicyclic) bond motifs is 4. The molecule has 3 aromatic carbocycles. The molecule has 2 bridgehead atoms. The number of likely N-dealkylation sites (N-methyl/N-ethyl adjacent to an activating group) is 1. The number of nitrogens with one attached hydrogen (secondary N) is 2. The van der Waals surface area contributed by atoms with Crippen LogP contribution in [0.5, 0.6) is 17.2 Å². The second kappa shape index (κ2) is 9.62. The lowest BCUT2D eigenvalue weighted by Gasteiger charge is -2.55. The number of anilines is 1. The normalized spacial score (nSPS) is 23.3. The van der Waals surface area contributed by atoms with E-state index in [-0.39, 0.29) is 11.4 Å². The van der Waals surface area contributed by atoms with E-state index in [0.29, 0.717) is 35.7 Å². The van der Waals surface area contributed by atoms with Crippen molar-refractivity contribution in [1.82, 2.24) is 10.2 Å². The Morgan fingerprint density at radius 2 is 1.89 bits per heavy atom. The number of likely N-dealkylation sites (tertiary alicyclic amines) is 1. The fourth-order valence-electron chi connectivity index (χ4n) is 5.99. The van der Waals surface area contributed by atoms with Crippen molar-refractivity contribution in [2.45, 2.75) is 37.6 Å². The monoisotopic (exact) mass is 471 g/mol. The van der Waals surface area contributed by atoms with Gasteiger partial charge in [-0.15, -0.1) is 0 Å². The molecule has 182 valence electrons. The van der Waals surface area contributed by atoms with Gasteiger partial charge in [-0.2, -0.15) is 0 Å². The van der Waals surface area contributed by atoms with Gasteiger partial charge in [0, 0.05) is 29.8 Å². The Kier molecular flexibility index (Phi) is 6.39. The zero-order valence-corrected chi connectivity index (χ0v) is 20.3. The van der Waals surface area contributed by atoms with Crippen LogP contribution in [-0.2, 0) is 11.8 Å². The molecule has 1 aliphatic carbocycles. The van der Waals surface area contributed by atoms with E-state index in [1.54, 1.807) is 6.07 Å². The van der Waals surface area contributed by atoms with Gasteiger partial charge in [0.25, 0.3) is 0 Å². The number of hydrogen-bond acceptors (Lipinski definition) is 4. The quantitative estimate of drug-likeness (QED) is 0.442. The summed E-state index contributed by atoms with van der Waals surface area (Å²) in [7, 11) is 2.21. The van der Waals surface area contributed by atoms with E-state index < -0.39 is 0 Å². The molecule has 3 aromatic rings. The Hall–Kier alpha value is -3.51. The summed E-state index contributed by atoms with van der Waals surface area (Å²) in [6, 6.07) is 23.0. The van der Waals surface area contributed by atoms with Gasteiger partial charge >= 0.3 is 6.03 Å². The lowest BCUT2D eigenvalue weighted by Crippen LogP contribution is -2.58. The first kappa shape index (κ1) is 23.2. The minimum absolute atomic E-state index is 0.0553. The van der Waals surface area contributed by atoms with Gasteiger partial charge in [0.2, 0.25) is 0 Å². The van der Waals surface area contributed by atoms with Gasteiger partial charge in [0.1, 0.15) is 17.2 Å². The van der Waals surface area contributed by atoms with Gasteiger partial charge in [-0.05, 0) is 86.3 Å². The molecule has 35 heavy (non-hydrogen) atoms. The minimum Gasteiger partial charge on any atom is -0.508 e. The zero-order chi connectivity index (χ0) is 24.4. The molecule has 6 heteroatoms. The molecule has 1 heterocycles.